The van der Waals surface area contributed by atoms with Crippen LogP contribution in [-0.4, -0.2) is 28.2 Å². The van der Waals surface area contributed by atoms with Crippen molar-refractivity contribution < 1.29 is 4.74 Å². The topological polar surface area (TPSA) is 29.4 Å². The van der Waals surface area contributed by atoms with Gasteiger partial charge < -0.3 is 19.5 Å². The zero-order chi connectivity index (χ0) is 18.8. The molecule has 0 fully saturated rings. The fourth-order valence-corrected chi connectivity index (χ4v) is 3.89. The Bertz CT molecular complexity index is 931. The molecule has 1 atom stereocenters. The lowest BCUT2D eigenvalue weighted by molar-refractivity contribution is 0.293. The van der Waals surface area contributed by atoms with Gasteiger partial charge in [-0.2, -0.15) is 0 Å². The Balaban J connectivity index is 1.65. The highest BCUT2D eigenvalue weighted by atomic mass is 32.1. The third-order valence-corrected chi connectivity index (χ3v) is 5.37. The van der Waals surface area contributed by atoms with Crippen molar-refractivity contribution in [3.05, 3.63) is 83.7 Å². The molecular formula is C22H23N3OS. The first-order chi connectivity index (χ1) is 13.2. The summed E-state index contributed by atoms with van der Waals surface area (Å²) < 4.78 is 7.62. The Kier molecular flexibility index (Phi) is 4.86. The van der Waals surface area contributed by atoms with Crippen molar-refractivity contribution in [2.45, 2.75) is 19.5 Å². The highest BCUT2D eigenvalue weighted by Crippen LogP contribution is 2.33. The predicted molar refractivity (Wildman–Crippen MR) is 113 cm³/mol. The van der Waals surface area contributed by atoms with Crippen LogP contribution in [-0.2, 0) is 6.54 Å². The van der Waals surface area contributed by atoms with Gasteiger partial charge in [-0.3, -0.25) is 0 Å². The number of hydrogen-bond donors (Lipinski definition) is 1. The summed E-state index contributed by atoms with van der Waals surface area (Å²) in [6.07, 6.45) is 2.14. The number of nitrogens with zero attached hydrogens (tertiary/aromatic N) is 2. The fourth-order valence-electron chi connectivity index (χ4n) is 3.57. The maximum absolute atomic E-state index is 5.80. The summed E-state index contributed by atoms with van der Waals surface area (Å²) in [5, 5.41) is 4.15. The molecule has 3 aromatic rings. The van der Waals surface area contributed by atoms with Crippen LogP contribution >= 0.6 is 12.2 Å². The third kappa shape index (κ3) is 3.55. The molecule has 0 radical (unpaired) electrons. The Morgan fingerprint density at radius 3 is 2.48 bits per heavy atom. The van der Waals surface area contributed by atoms with E-state index in [1.54, 1.807) is 7.11 Å². The highest BCUT2D eigenvalue weighted by molar-refractivity contribution is 7.80. The lowest BCUT2D eigenvalue weighted by Gasteiger charge is -2.39. The largest absolute Gasteiger partial charge is 0.497 e. The summed E-state index contributed by atoms with van der Waals surface area (Å²) in [6.45, 7) is 3.86. The average molecular weight is 378 g/mol. The molecule has 5 heteroatoms. The number of thiocarbonyl (C=S) groups is 1. The molecule has 0 amide bonds. The van der Waals surface area contributed by atoms with Crippen molar-refractivity contribution in [1.82, 2.24) is 9.47 Å². The van der Waals surface area contributed by atoms with Gasteiger partial charge in [-0.1, -0.05) is 29.8 Å². The third-order valence-electron chi connectivity index (χ3n) is 5.03. The van der Waals surface area contributed by atoms with Crippen LogP contribution < -0.4 is 10.1 Å². The molecule has 1 aromatic heterocycles. The molecule has 2 aromatic carbocycles. The molecule has 0 saturated heterocycles. The van der Waals surface area contributed by atoms with E-state index in [2.05, 4.69) is 76.4 Å². The van der Waals surface area contributed by atoms with Crippen molar-refractivity contribution >= 4 is 23.0 Å². The number of rotatable bonds is 3. The van der Waals surface area contributed by atoms with Crippen molar-refractivity contribution in [3.8, 4) is 5.75 Å². The smallest absolute Gasteiger partial charge is 0.174 e. The van der Waals surface area contributed by atoms with Crippen LogP contribution in [0.15, 0.2) is 66.9 Å². The second kappa shape index (κ2) is 7.45. The number of benzene rings is 2. The van der Waals surface area contributed by atoms with E-state index in [0.29, 0.717) is 0 Å². The van der Waals surface area contributed by atoms with Crippen LogP contribution in [0.3, 0.4) is 0 Å². The van der Waals surface area contributed by atoms with Gasteiger partial charge in [0, 0.05) is 30.7 Å². The summed E-state index contributed by atoms with van der Waals surface area (Å²) in [7, 11) is 1.69. The molecule has 1 N–H and O–H groups in total. The lowest BCUT2D eigenvalue weighted by atomic mass is 10.00. The second-order valence-electron chi connectivity index (χ2n) is 6.79. The summed E-state index contributed by atoms with van der Waals surface area (Å²) in [4.78, 5) is 2.27. The Hall–Kier alpha value is -2.79. The van der Waals surface area contributed by atoms with Gasteiger partial charge in [-0.05, 0) is 61.1 Å². The first-order valence-corrected chi connectivity index (χ1v) is 9.50. The fraction of sp³-hybridized carbons (Fsp3) is 0.227. The molecular weight excluding hydrogens is 354 g/mol. The summed E-state index contributed by atoms with van der Waals surface area (Å²) in [5.41, 5.74) is 4.70. The van der Waals surface area contributed by atoms with Crippen LogP contribution in [0.25, 0.3) is 0 Å². The van der Waals surface area contributed by atoms with Crippen molar-refractivity contribution in [2.24, 2.45) is 0 Å². The maximum Gasteiger partial charge on any atom is 0.174 e. The van der Waals surface area contributed by atoms with Crippen molar-refractivity contribution in [2.75, 3.05) is 19.0 Å². The second-order valence-corrected chi connectivity index (χ2v) is 7.18. The molecule has 0 aliphatic carbocycles. The molecule has 1 aliphatic rings. The summed E-state index contributed by atoms with van der Waals surface area (Å²) in [6, 6.07) is 20.9. The van der Waals surface area contributed by atoms with Gasteiger partial charge in [-0.15, -0.1) is 0 Å². The van der Waals surface area contributed by atoms with Gasteiger partial charge in [0.1, 0.15) is 5.75 Å². The molecule has 138 valence electrons. The Morgan fingerprint density at radius 2 is 1.78 bits per heavy atom. The number of ether oxygens (including phenoxy) is 1. The molecule has 0 spiro atoms. The first kappa shape index (κ1) is 17.6. The summed E-state index contributed by atoms with van der Waals surface area (Å²) in [5.74, 6) is 0.858. The van der Waals surface area contributed by atoms with E-state index in [9.17, 15) is 0 Å². The Labute approximate surface area is 165 Å². The highest BCUT2D eigenvalue weighted by Gasteiger charge is 2.30. The molecule has 1 unspecified atom stereocenters. The minimum Gasteiger partial charge on any atom is -0.497 e. The number of aromatic nitrogens is 1. The minimum absolute atomic E-state index is 0.0742. The van der Waals surface area contributed by atoms with Crippen LogP contribution in [0.5, 0.6) is 5.75 Å². The number of hydrogen-bond acceptors (Lipinski definition) is 2. The van der Waals surface area contributed by atoms with Gasteiger partial charge in [-0.25, -0.2) is 0 Å². The number of aryl methyl sites for hydroxylation is 1. The monoisotopic (exact) mass is 377 g/mol. The normalized spacial score (nSPS) is 15.9. The van der Waals surface area contributed by atoms with Gasteiger partial charge >= 0.3 is 0 Å². The molecule has 2 heterocycles. The number of nitrogens with one attached hydrogen (secondary N) is 1. The zero-order valence-corrected chi connectivity index (χ0v) is 16.4. The van der Waals surface area contributed by atoms with Crippen LogP contribution in [0.1, 0.15) is 22.9 Å². The van der Waals surface area contributed by atoms with Crippen molar-refractivity contribution in [3.63, 3.8) is 0 Å². The van der Waals surface area contributed by atoms with E-state index in [4.69, 9.17) is 17.0 Å². The molecule has 4 nitrogen and oxygen atoms in total. The van der Waals surface area contributed by atoms with Gasteiger partial charge in [0.05, 0.1) is 13.2 Å². The lowest BCUT2D eigenvalue weighted by Crippen LogP contribution is -2.44. The molecule has 0 bridgehead atoms. The minimum atomic E-state index is 0.0742. The van der Waals surface area contributed by atoms with E-state index < -0.39 is 0 Å². The Morgan fingerprint density at radius 1 is 1.04 bits per heavy atom. The average Bonchev–Trinajstić information content (AvgIpc) is 3.18. The van der Waals surface area contributed by atoms with E-state index >= 15 is 0 Å². The van der Waals surface area contributed by atoms with E-state index in [1.165, 1.54) is 16.8 Å². The van der Waals surface area contributed by atoms with Crippen LogP contribution in [0.4, 0.5) is 5.69 Å². The number of fused-ring (bicyclic) bond motifs is 1. The zero-order valence-electron chi connectivity index (χ0n) is 15.6. The molecule has 0 saturated carbocycles. The number of anilines is 1. The standard InChI is InChI=1S/C22H23N3OS/c1-16-5-9-18(10-6-16)23-22(27)25-15-14-24-13-3-4-20(24)21(25)17-7-11-19(26-2)12-8-17/h3-13,21H,14-15H2,1-2H3,(H,23,27). The van der Waals surface area contributed by atoms with Crippen LogP contribution in [0, 0.1) is 6.92 Å². The van der Waals surface area contributed by atoms with E-state index in [0.717, 1.165) is 29.6 Å². The van der Waals surface area contributed by atoms with E-state index in [1.807, 2.05) is 12.1 Å². The predicted octanol–water partition coefficient (Wildman–Crippen LogP) is 4.61. The quantitative estimate of drug-likeness (QED) is 0.675. The molecule has 4 rings (SSSR count). The number of methoxy groups -OCH3 is 1. The van der Waals surface area contributed by atoms with Gasteiger partial charge in [0.2, 0.25) is 0 Å². The SMILES string of the molecule is COc1ccc(C2c3cccn3CCN2C(=S)Nc2ccc(C)cc2)cc1. The van der Waals surface area contributed by atoms with Crippen LogP contribution in [0.2, 0.25) is 0 Å². The van der Waals surface area contributed by atoms with Gasteiger partial charge in [0.25, 0.3) is 0 Å². The van der Waals surface area contributed by atoms with E-state index in [-0.39, 0.29) is 6.04 Å². The molecule has 1 aliphatic heterocycles. The maximum atomic E-state index is 5.80. The van der Waals surface area contributed by atoms with Crippen molar-refractivity contribution in [1.29, 1.82) is 0 Å². The first-order valence-electron chi connectivity index (χ1n) is 9.09. The summed E-state index contributed by atoms with van der Waals surface area (Å²) >= 11 is 5.80. The van der Waals surface area contributed by atoms with Gasteiger partial charge in [0.15, 0.2) is 5.11 Å². The molecule has 27 heavy (non-hydrogen) atoms.